The van der Waals surface area contributed by atoms with Crippen molar-refractivity contribution < 1.29 is 10.2 Å². The summed E-state index contributed by atoms with van der Waals surface area (Å²) in [6.07, 6.45) is 0. The Labute approximate surface area is 61.2 Å². The molecular formula is C7H5NO3. The van der Waals surface area contributed by atoms with Gasteiger partial charge in [-0.15, -0.1) is 0 Å². The molecular weight excluding hydrogens is 146 g/mol. The number of hydrogen-bond acceptors (Lipinski definition) is 4. The molecule has 0 aromatic heterocycles. The minimum absolute atomic E-state index is 0.0581. The van der Waals surface area contributed by atoms with Crippen LogP contribution in [0.5, 0.6) is 11.5 Å². The number of phenolic OH excluding ortho intramolecular Hbond substituents is 2. The first-order valence-electron chi connectivity index (χ1n) is 3.02. The van der Waals surface area contributed by atoms with Crippen LogP contribution >= 0.6 is 0 Å². The van der Waals surface area contributed by atoms with Gasteiger partial charge < -0.3 is 15.9 Å². The summed E-state index contributed by atoms with van der Waals surface area (Å²) >= 11 is 0. The molecule has 2 aromatic rings. The van der Waals surface area contributed by atoms with Gasteiger partial charge in [0.2, 0.25) is 5.43 Å². The predicted molar refractivity (Wildman–Crippen MR) is 40.3 cm³/mol. The maximum absolute atomic E-state index is 10.8. The molecule has 0 atom stereocenters. The Hall–Kier alpha value is -1.71. The monoisotopic (exact) mass is 151 g/mol. The van der Waals surface area contributed by atoms with E-state index in [0.717, 1.165) is 6.07 Å². The lowest BCUT2D eigenvalue weighted by atomic mass is 10.3. The van der Waals surface area contributed by atoms with Gasteiger partial charge in [0.1, 0.15) is 11.5 Å². The molecule has 2 rings (SSSR count). The molecule has 56 valence electrons. The molecule has 2 aromatic carbocycles. The van der Waals surface area contributed by atoms with E-state index in [0.29, 0.717) is 0 Å². The van der Waals surface area contributed by atoms with Gasteiger partial charge in [-0.25, -0.2) is 0 Å². The van der Waals surface area contributed by atoms with E-state index >= 15 is 0 Å². The predicted octanol–water partition coefficient (Wildman–Crippen LogP) is 0.0690. The van der Waals surface area contributed by atoms with E-state index in [1.807, 2.05) is 0 Å². The van der Waals surface area contributed by atoms with Crippen LogP contribution in [0.3, 0.4) is 0 Å². The summed E-state index contributed by atoms with van der Waals surface area (Å²) in [4.78, 5) is 10.8. The molecule has 0 spiro atoms. The molecule has 0 saturated carbocycles. The number of hydrogen-bond donors (Lipinski definition) is 3. The SMILES string of the molecule is Nc1c(O)cc(O)c2c(=O)c12. The summed E-state index contributed by atoms with van der Waals surface area (Å²) in [5.74, 6) is -0.441. The standard InChI is InChI=1S/C7H5NO3/c8-6-3(10)1-2(9)4-5(6)7(4)11/h1,9-10H,8H2. The van der Waals surface area contributed by atoms with Gasteiger partial charge in [0.05, 0.1) is 16.5 Å². The van der Waals surface area contributed by atoms with Crippen molar-refractivity contribution in [2.24, 2.45) is 0 Å². The second-order valence-electron chi connectivity index (χ2n) is 2.41. The number of benzene rings is 1. The van der Waals surface area contributed by atoms with Crippen LogP contribution in [0.25, 0.3) is 10.8 Å². The van der Waals surface area contributed by atoms with Gasteiger partial charge in [-0.05, 0) is 0 Å². The highest BCUT2D eigenvalue weighted by atomic mass is 16.3. The van der Waals surface area contributed by atoms with Crippen LogP contribution in [0, 0.1) is 0 Å². The van der Waals surface area contributed by atoms with Crippen molar-refractivity contribution in [3.8, 4) is 11.5 Å². The number of fused-ring (bicyclic) bond motifs is 1. The highest BCUT2D eigenvalue weighted by Crippen LogP contribution is 2.37. The van der Waals surface area contributed by atoms with Crippen LogP contribution in [0.1, 0.15) is 0 Å². The van der Waals surface area contributed by atoms with E-state index in [4.69, 9.17) is 15.9 Å². The van der Waals surface area contributed by atoms with Crippen LogP contribution in [-0.4, -0.2) is 10.2 Å². The number of aromatic hydroxyl groups is 2. The van der Waals surface area contributed by atoms with Gasteiger partial charge in [0.15, 0.2) is 0 Å². The van der Waals surface area contributed by atoms with E-state index < -0.39 is 0 Å². The summed E-state index contributed by atoms with van der Waals surface area (Å²) in [7, 11) is 0. The van der Waals surface area contributed by atoms with Gasteiger partial charge in [0.25, 0.3) is 0 Å². The molecule has 0 heterocycles. The molecule has 0 fully saturated rings. The van der Waals surface area contributed by atoms with Crippen LogP contribution < -0.4 is 11.2 Å². The highest BCUT2D eigenvalue weighted by Gasteiger charge is 2.22. The molecule has 0 saturated heterocycles. The Bertz CT molecular complexity index is 451. The lowest BCUT2D eigenvalue weighted by Crippen LogP contribution is -1.83. The molecule has 0 radical (unpaired) electrons. The van der Waals surface area contributed by atoms with Crippen molar-refractivity contribution in [1.29, 1.82) is 0 Å². The quantitative estimate of drug-likeness (QED) is 0.282. The molecule has 0 aliphatic carbocycles. The van der Waals surface area contributed by atoms with Crippen LogP contribution in [0.2, 0.25) is 0 Å². The highest BCUT2D eigenvalue weighted by molar-refractivity contribution is 6.11. The molecule has 4 nitrogen and oxygen atoms in total. The van der Waals surface area contributed by atoms with Gasteiger partial charge in [0, 0.05) is 6.07 Å². The third kappa shape index (κ3) is 0.556. The Morgan fingerprint density at radius 1 is 1.18 bits per heavy atom. The van der Waals surface area contributed by atoms with E-state index in [9.17, 15) is 4.79 Å². The van der Waals surface area contributed by atoms with Crippen LogP contribution in [0.15, 0.2) is 10.9 Å². The Morgan fingerprint density at radius 2 is 1.82 bits per heavy atom. The average Bonchev–Trinajstić information content (AvgIpc) is 2.58. The van der Waals surface area contributed by atoms with Gasteiger partial charge in [-0.3, -0.25) is 4.79 Å². The molecule has 0 amide bonds. The summed E-state index contributed by atoms with van der Waals surface area (Å²) in [6.45, 7) is 0. The fourth-order valence-electron chi connectivity index (χ4n) is 1.08. The summed E-state index contributed by atoms with van der Waals surface area (Å²) < 4.78 is 0. The normalized spacial score (nSPS) is 11.3. The Morgan fingerprint density at radius 3 is 2.45 bits per heavy atom. The lowest BCUT2D eigenvalue weighted by Gasteiger charge is -1.94. The number of nitrogen functional groups attached to an aromatic ring is 1. The van der Waals surface area contributed by atoms with E-state index in [1.165, 1.54) is 0 Å². The zero-order valence-electron chi connectivity index (χ0n) is 5.46. The topological polar surface area (TPSA) is 83.6 Å². The van der Waals surface area contributed by atoms with E-state index in [-0.39, 0.29) is 33.4 Å². The fraction of sp³-hybridized carbons (Fsp3) is 0. The third-order valence-corrected chi connectivity index (χ3v) is 1.72. The first-order chi connectivity index (χ1) is 5.13. The third-order valence-electron chi connectivity index (χ3n) is 1.72. The minimum Gasteiger partial charge on any atom is -0.507 e. The minimum atomic E-state index is -0.277. The number of phenols is 2. The van der Waals surface area contributed by atoms with Gasteiger partial charge in [-0.2, -0.15) is 0 Å². The van der Waals surface area contributed by atoms with Crippen molar-refractivity contribution in [2.45, 2.75) is 0 Å². The molecule has 4 N–H and O–H groups in total. The maximum Gasteiger partial charge on any atom is 0.200 e. The van der Waals surface area contributed by atoms with Crippen LogP contribution in [-0.2, 0) is 0 Å². The molecule has 0 aliphatic heterocycles. The largest absolute Gasteiger partial charge is 0.507 e. The van der Waals surface area contributed by atoms with Crippen molar-refractivity contribution >= 4 is 16.5 Å². The number of anilines is 1. The molecule has 4 heteroatoms. The van der Waals surface area contributed by atoms with E-state index in [2.05, 4.69) is 0 Å². The Balaban J connectivity index is 2.95. The molecule has 0 bridgehead atoms. The number of nitrogens with two attached hydrogens (primary N) is 1. The zero-order chi connectivity index (χ0) is 8.17. The summed E-state index contributed by atoms with van der Waals surface area (Å²) in [5.41, 5.74) is 5.09. The average molecular weight is 151 g/mol. The molecule has 11 heavy (non-hydrogen) atoms. The first-order valence-corrected chi connectivity index (χ1v) is 3.02. The van der Waals surface area contributed by atoms with Crippen molar-refractivity contribution in [3.05, 3.63) is 16.3 Å². The van der Waals surface area contributed by atoms with Crippen molar-refractivity contribution in [2.75, 3.05) is 5.73 Å². The summed E-state index contributed by atoms with van der Waals surface area (Å²) in [5, 5.41) is 18.5. The van der Waals surface area contributed by atoms with Crippen molar-refractivity contribution in [3.63, 3.8) is 0 Å². The second kappa shape index (κ2) is 1.47. The number of rotatable bonds is 0. The maximum atomic E-state index is 10.8. The summed E-state index contributed by atoms with van der Waals surface area (Å²) in [6, 6.07) is 1.07. The van der Waals surface area contributed by atoms with Gasteiger partial charge in [-0.1, -0.05) is 0 Å². The zero-order valence-corrected chi connectivity index (χ0v) is 5.46. The van der Waals surface area contributed by atoms with Gasteiger partial charge >= 0.3 is 0 Å². The fourth-order valence-corrected chi connectivity index (χ4v) is 1.08. The molecule has 0 aliphatic rings. The van der Waals surface area contributed by atoms with Crippen molar-refractivity contribution in [1.82, 2.24) is 0 Å². The lowest BCUT2D eigenvalue weighted by molar-refractivity contribution is 0.457. The van der Waals surface area contributed by atoms with E-state index in [1.54, 1.807) is 0 Å². The smallest absolute Gasteiger partial charge is 0.200 e. The second-order valence-corrected chi connectivity index (χ2v) is 2.41. The first kappa shape index (κ1) is 6.03. The Kier molecular flexibility index (Phi) is 0.808. The van der Waals surface area contributed by atoms with Crippen LogP contribution in [0.4, 0.5) is 5.69 Å². The molecule has 0 unspecified atom stereocenters.